The summed E-state index contributed by atoms with van der Waals surface area (Å²) in [6, 6.07) is 6.76. The van der Waals surface area contributed by atoms with Crippen LogP contribution >= 0.6 is 0 Å². The topological polar surface area (TPSA) is 90.7 Å². The van der Waals surface area contributed by atoms with Crippen LogP contribution in [-0.4, -0.2) is 30.6 Å². The van der Waals surface area contributed by atoms with Crippen molar-refractivity contribution in [1.29, 1.82) is 0 Å². The largest absolute Gasteiger partial charge is 0.484 e. The normalized spacial score (nSPS) is 13.2. The van der Waals surface area contributed by atoms with Gasteiger partial charge in [-0.25, -0.2) is 0 Å². The Bertz CT molecular complexity index is 516. The van der Waals surface area contributed by atoms with Gasteiger partial charge in [0.15, 0.2) is 6.61 Å². The van der Waals surface area contributed by atoms with E-state index in [0.717, 1.165) is 12.8 Å². The van der Waals surface area contributed by atoms with Gasteiger partial charge in [-0.2, -0.15) is 0 Å². The number of hydrogen-bond acceptors (Lipinski definition) is 4. The minimum Gasteiger partial charge on any atom is -0.484 e. The van der Waals surface area contributed by atoms with Crippen LogP contribution in [0.1, 0.15) is 40.0 Å². The van der Waals surface area contributed by atoms with E-state index in [0.29, 0.717) is 24.5 Å². The fourth-order valence-electron chi connectivity index (χ4n) is 2.14. The van der Waals surface area contributed by atoms with E-state index in [4.69, 9.17) is 15.2 Å². The summed E-state index contributed by atoms with van der Waals surface area (Å²) in [6.45, 7) is 6.07. The van der Waals surface area contributed by atoms with E-state index in [2.05, 4.69) is 12.2 Å². The molecule has 1 aromatic carbocycles. The number of unbranched alkanes of at least 4 members (excludes halogenated alkanes) is 1. The van der Waals surface area contributed by atoms with Crippen molar-refractivity contribution >= 4 is 17.5 Å². The van der Waals surface area contributed by atoms with Gasteiger partial charge in [-0.15, -0.1) is 0 Å². The number of carbonyl (C=O) groups is 2. The van der Waals surface area contributed by atoms with Crippen LogP contribution in [0.25, 0.3) is 0 Å². The predicted molar refractivity (Wildman–Crippen MR) is 89.3 cm³/mol. The maximum absolute atomic E-state index is 12.5. The van der Waals surface area contributed by atoms with Crippen molar-refractivity contribution in [2.75, 3.05) is 18.5 Å². The molecule has 1 aromatic rings. The lowest BCUT2D eigenvalue weighted by molar-refractivity contribution is -0.139. The third-order valence-electron chi connectivity index (χ3n) is 3.44. The number of primary amides is 1. The van der Waals surface area contributed by atoms with E-state index >= 15 is 0 Å². The number of benzene rings is 1. The Kier molecular flexibility index (Phi) is 7.54. The Morgan fingerprint density at radius 2 is 1.87 bits per heavy atom. The summed E-state index contributed by atoms with van der Waals surface area (Å²) >= 11 is 0. The van der Waals surface area contributed by atoms with Crippen molar-refractivity contribution in [3.8, 4) is 5.75 Å². The molecule has 0 radical (unpaired) electrons. The van der Waals surface area contributed by atoms with Crippen LogP contribution in [0.4, 0.5) is 5.69 Å². The molecule has 23 heavy (non-hydrogen) atoms. The molecule has 0 aliphatic heterocycles. The molecule has 0 aromatic heterocycles. The number of amides is 2. The molecule has 1 atom stereocenters. The van der Waals surface area contributed by atoms with Crippen LogP contribution in [0, 0.1) is 0 Å². The van der Waals surface area contributed by atoms with Crippen molar-refractivity contribution in [3.63, 3.8) is 0 Å². The van der Waals surface area contributed by atoms with E-state index in [1.54, 1.807) is 24.3 Å². The second kappa shape index (κ2) is 9.15. The van der Waals surface area contributed by atoms with Crippen molar-refractivity contribution < 1.29 is 19.1 Å². The Hall–Kier alpha value is -2.08. The number of hydrogen-bond donors (Lipinski definition) is 2. The SMILES string of the molecule is CCCC[C@](C)(OCC)C(=O)Nc1ccc(OCC(N)=O)cc1. The number of ether oxygens (including phenoxy) is 2. The van der Waals surface area contributed by atoms with Crippen LogP contribution in [0.15, 0.2) is 24.3 Å². The second-order valence-corrected chi connectivity index (χ2v) is 5.50. The molecule has 0 bridgehead atoms. The zero-order chi connectivity index (χ0) is 17.3. The smallest absolute Gasteiger partial charge is 0.256 e. The molecule has 128 valence electrons. The Morgan fingerprint density at radius 1 is 1.22 bits per heavy atom. The van der Waals surface area contributed by atoms with Gasteiger partial charge < -0.3 is 20.5 Å². The van der Waals surface area contributed by atoms with E-state index in [1.165, 1.54) is 0 Å². The molecule has 0 aliphatic rings. The van der Waals surface area contributed by atoms with Crippen LogP contribution in [0.3, 0.4) is 0 Å². The van der Waals surface area contributed by atoms with Gasteiger partial charge in [-0.3, -0.25) is 9.59 Å². The Morgan fingerprint density at radius 3 is 2.39 bits per heavy atom. The van der Waals surface area contributed by atoms with Crippen LogP contribution < -0.4 is 15.8 Å². The Labute approximate surface area is 137 Å². The van der Waals surface area contributed by atoms with Gasteiger partial charge >= 0.3 is 0 Å². The number of carbonyl (C=O) groups excluding carboxylic acids is 2. The molecular formula is C17H26N2O4. The minimum atomic E-state index is -0.841. The van der Waals surface area contributed by atoms with E-state index in [9.17, 15) is 9.59 Å². The molecule has 1 rings (SSSR count). The van der Waals surface area contributed by atoms with Crippen molar-refractivity contribution in [2.24, 2.45) is 5.73 Å². The molecule has 0 fully saturated rings. The van der Waals surface area contributed by atoms with Gasteiger partial charge in [-0.05, 0) is 44.5 Å². The van der Waals surface area contributed by atoms with Gasteiger partial charge in [0, 0.05) is 12.3 Å². The average Bonchev–Trinajstić information content (AvgIpc) is 2.52. The highest BCUT2D eigenvalue weighted by Gasteiger charge is 2.33. The molecule has 6 nitrogen and oxygen atoms in total. The molecule has 0 unspecified atom stereocenters. The zero-order valence-electron chi connectivity index (χ0n) is 14.1. The first kappa shape index (κ1) is 19.0. The first-order chi connectivity index (χ1) is 10.9. The lowest BCUT2D eigenvalue weighted by Gasteiger charge is -2.28. The van der Waals surface area contributed by atoms with Gasteiger partial charge in [0.1, 0.15) is 11.4 Å². The van der Waals surface area contributed by atoms with Gasteiger partial charge in [0.05, 0.1) is 0 Å². The molecule has 0 heterocycles. The highest BCUT2D eigenvalue weighted by Crippen LogP contribution is 2.22. The Balaban J connectivity index is 2.68. The zero-order valence-corrected chi connectivity index (χ0v) is 14.1. The minimum absolute atomic E-state index is 0.168. The van der Waals surface area contributed by atoms with Crippen LogP contribution in [-0.2, 0) is 14.3 Å². The molecule has 0 aliphatic carbocycles. The standard InChI is InChI=1S/C17H26N2O4/c1-4-6-11-17(3,23-5-2)16(21)19-13-7-9-14(10-8-13)22-12-15(18)20/h7-10H,4-6,11-12H2,1-3H3,(H2,18,20)(H,19,21)/t17-/m0/s1. The predicted octanol–water partition coefficient (Wildman–Crippen LogP) is 2.47. The first-order valence-electron chi connectivity index (χ1n) is 7.88. The fourth-order valence-corrected chi connectivity index (χ4v) is 2.14. The van der Waals surface area contributed by atoms with Gasteiger partial charge in [0.25, 0.3) is 11.8 Å². The van der Waals surface area contributed by atoms with Gasteiger partial charge in [-0.1, -0.05) is 19.8 Å². The molecule has 0 saturated carbocycles. The number of nitrogens with one attached hydrogen (secondary N) is 1. The average molecular weight is 322 g/mol. The first-order valence-corrected chi connectivity index (χ1v) is 7.88. The highest BCUT2D eigenvalue weighted by atomic mass is 16.5. The maximum Gasteiger partial charge on any atom is 0.256 e. The van der Waals surface area contributed by atoms with Crippen LogP contribution in [0.2, 0.25) is 0 Å². The number of rotatable bonds is 10. The summed E-state index contributed by atoms with van der Waals surface area (Å²) in [7, 11) is 0. The molecular weight excluding hydrogens is 296 g/mol. The summed E-state index contributed by atoms with van der Waals surface area (Å²) in [5.74, 6) is -0.190. The van der Waals surface area contributed by atoms with Gasteiger partial charge in [0.2, 0.25) is 0 Å². The third-order valence-corrected chi connectivity index (χ3v) is 3.44. The molecule has 2 amide bonds. The van der Waals surface area contributed by atoms with Crippen LogP contribution in [0.5, 0.6) is 5.75 Å². The monoisotopic (exact) mass is 322 g/mol. The summed E-state index contributed by atoms with van der Waals surface area (Å²) in [5, 5.41) is 2.86. The lowest BCUT2D eigenvalue weighted by atomic mass is 9.97. The quantitative estimate of drug-likeness (QED) is 0.692. The fraction of sp³-hybridized carbons (Fsp3) is 0.529. The van der Waals surface area contributed by atoms with E-state index in [1.807, 2.05) is 13.8 Å². The summed E-state index contributed by atoms with van der Waals surface area (Å²) in [5.41, 5.74) is 4.82. The second-order valence-electron chi connectivity index (χ2n) is 5.50. The number of nitrogens with two attached hydrogens (primary N) is 1. The summed E-state index contributed by atoms with van der Waals surface area (Å²) < 4.78 is 10.8. The van der Waals surface area contributed by atoms with E-state index < -0.39 is 11.5 Å². The van der Waals surface area contributed by atoms with E-state index in [-0.39, 0.29) is 12.5 Å². The molecule has 0 spiro atoms. The third kappa shape index (κ3) is 6.28. The highest BCUT2D eigenvalue weighted by molar-refractivity contribution is 5.97. The summed E-state index contributed by atoms with van der Waals surface area (Å²) in [6.07, 6.45) is 2.59. The van der Waals surface area contributed by atoms with Crippen molar-refractivity contribution in [1.82, 2.24) is 0 Å². The van der Waals surface area contributed by atoms with Crippen molar-refractivity contribution in [3.05, 3.63) is 24.3 Å². The summed E-state index contributed by atoms with van der Waals surface area (Å²) in [4.78, 5) is 23.2. The molecule has 0 saturated heterocycles. The number of anilines is 1. The maximum atomic E-state index is 12.5. The van der Waals surface area contributed by atoms with Crippen molar-refractivity contribution in [2.45, 2.75) is 45.6 Å². The lowest BCUT2D eigenvalue weighted by Crippen LogP contribution is -2.42. The molecule has 6 heteroatoms. The molecule has 3 N–H and O–H groups in total.